The van der Waals surface area contributed by atoms with Crippen molar-refractivity contribution in [3.8, 4) is 11.1 Å². The van der Waals surface area contributed by atoms with Gasteiger partial charge in [-0.3, -0.25) is 4.79 Å². The van der Waals surface area contributed by atoms with Crippen LogP contribution in [0.15, 0.2) is 35.3 Å². The van der Waals surface area contributed by atoms with Crippen molar-refractivity contribution < 1.29 is 0 Å². The van der Waals surface area contributed by atoms with Gasteiger partial charge in [0.15, 0.2) is 0 Å². The number of aromatic nitrogens is 1. The maximum Gasteiger partial charge on any atom is 0.258 e. The van der Waals surface area contributed by atoms with Crippen LogP contribution in [0.3, 0.4) is 0 Å². The van der Waals surface area contributed by atoms with Crippen LogP contribution in [0, 0.1) is 13.8 Å². The second-order valence-electron chi connectivity index (χ2n) is 6.33. The summed E-state index contributed by atoms with van der Waals surface area (Å²) in [6.45, 7) is 10.6. The van der Waals surface area contributed by atoms with E-state index in [0.29, 0.717) is 0 Å². The summed E-state index contributed by atoms with van der Waals surface area (Å²) < 4.78 is 1.71. The Bertz CT molecular complexity index is 725. The van der Waals surface area contributed by atoms with E-state index >= 15 is 0 Å². The lowest BCUT2D eigenvalue weighted by molar-refractivity contribution is 0.735. The molecule has 23 heavy (non-hydrogen) atoms. The number of hydrogen-bond acceptors (Lipinski definition) is 2. The van der Waals surface area contributed by atoms with Gasteiger partial charge in [-0.15, -0.1) is 0 Å². The fourth-order valence-corrected chi connectivity index (χ4v) is 3.09. The topological polar surface area (TPSA) is 25.2 Å². The molecule has 0 saturated heterocycles. The Morgan fingerprint density at radius 1 is 1.00 bits per heavy atom. The molecule has 0 fully saturated rings. The standard InChI is InChI=1S/C20H28N2O/c1-6-10-22(11-7-2)17-13-19(20(23)21(5)14-17)18-9-8-15(3)12-16(18)4/h8-9,12-14H,6-7,10-11H2,1-5H3. The minimum Gasteiger partial charge on any atom is -0.370 e. The summed E-state index contributed by atoms with van der Waals surface area (Å²) in [7, 11) is 1.84. The third-order valence-electron chi connectivity index (χ3n) is 4.19. The molecular weight excluding hydrogens is 284 g/mol. The smallest absolute Gasteiger partial charge is 0.258 e. The van der Waals surface area contributed by atoms with Crippen LogP contribution in [-0.2, 0) is 7.05 Å². The summed E-state index contributed by atoms with van der Waals surface area (Å²) >= 11 is 0. The van der Waals surface area contributed by atoms with Crippen LogP contribution in [0.25, 0.3) is 11.1 Å². The predicted octanol–water partition coefficient (Wildman–Crippen LogP) is 4.30. The van der Waals surface area contributed by atoms with E-state index in [9.17, 15) is 4.79 Å². The van der Waals surface area contributed by atoms with Gasteiger partial charge in [0, 0.05) is 31.9 Å². The molecule has 0 atom stereocenters. The Hall–Kier alpha value is -2.03. The lowest BCUT2D eigenvalue weighted by Crippen LogP contribution is -2.28. The lowest BCUT2D eigenvalue weighted by atomic mass is 9.99. The number of aryl methyl sites for hydroxylation is 3. The largest absolute Gasteiger partial charge is 0.370 e. The molecule has 1 aromatic carbocycles. The molecule has 0 aliphatic heterocycles. The highest BCUT2D eigenvalue weighted by molar-refractivity contribution is 5.70. The van der Waals surface area contributed by atoms with Gasteiger partial charge in [-0.25, -0.2) is 0 Å². The lowest BCUT2D eigenvalue weighted by Gasteiger charge is -2.25. The van der Waals surface area contributed by atoms with E-state index < -0.39 is 0 Å². The molecular formula is C20H28N2O. The molecule has 0 N–H and O–H groups in total. The van der Waals surface area contributed by atoms with Gasteiger partial charge in [-0.05, 0) is 43.9 Å². The maximum absolute atomic E-state index is 12.6. The molecule has 2 rings (SSSR count). The second-order valence-corrected chi connectivity index (χ2v) is 6.33. The first kappa shape index (κ1) is 17.3. The number of rotatable bonds is 6. The van der Waals surface area contributed by atoms with E-state index in [1.54, 1.807) is 4.57 Å². The van der Waals surface area contributed by atoms with E-state index in [1.807, 2.05) is 13.2 Å². The Labute approximate surface area is 139 Å². The normalized spacial score (nSPS) is 10.8. The number of hydrogen-bond donors (Lipinski definition) is 0. The Balaban J connectivity index is 2.57. The van der Waals surface area contributed by atoms with E-state index in [1.165, 1.54) is 5.56 Å². The highest BCUT2D eigenvalue weighted by Crippen LogP contribution is 2.25. The van der Waals surface area contributed by atoms with Crippen LogP contribution in [0.4, 0.5) is 5.69 Å². The maximum atomic E-state index is 12.6. The highest BCUT2D eigenvalue weighted by Gasteiger charge is 2.13. The molecule has 0 aliphatic carbocycles. The van der Waals surface area contributed by atoms with Crippen LogP contribution < -0.4 is 10.5 Å². The molecule has 3 heteroatoms. The average Bonchev–Trinajstić information content (AvgIpc) is 2.50. The summed E-state index contributed by atoms with van der Waals surface area (Å²) in [6, 6.07) is 8.34. The SMILES string of the molecule is CCCN(CCC)c1cc(-c2ccc(C)cc2C)c(=O)n(C)c1. The van der Waals surface area contributed by atoms with Gasteiger partial charge in [-0.2, -0.15) is 0 Å². The minimum atomic E-state index is 0.0636. The summed E-state index contributed by atoms with van der Waals surface area (Å²) in [5.41, 5.74) is 5.39. The summed E-state index contributed by atoms with van der Waals surface area (Å²) in [4.78, 5) is 15.0. The van der Waals surface area contributed by atoms with Crippen LogP contribution in [0.2, 0.25) is 0 Å². The van der Waals surface area contributed by atoms with Gasteiger partial charge in [0.2, 0.25) is 0 Å². The van der Waals surface area contributed by atoms with E-state index in [-0.39, 0.29) is 5.56 Å². The molecule has 0 saturated carbocycles. The zero-order valence-corrected chi connectivity index (χ0v) is 15.0. The molecule has 0 bridgehead atoms. The monoisotopic (exact) mass is 312 g/mol. The van der Waals surface area contributed by atoms with Crippen LogP contribution in [0.5, 0.6) is 0 Å². The van der Waals surface area contributed by atoms with Crippen molar-refractivity contribution in [2.45, 2.75) is 40.5 Å². The number of pyridine rings is 1. The van der Waals surface area contributed by atoms with Gasteiger partial charge in [0.05, 0.1) is 5.69 Å². The second kappa shape index (κ2) is 7.49. The molecule has 0 radical (unpaired) electrons. The Morgan fingerprint density at radius 2 is 1.65 bits per heavy atom. The van der Waals surface area contributed by atoms with Crippen molar-refractivity contribution >= 4 is 5.69 Å². The number of nitrogens with zero attached hydrogens (tertiary/aromatic N) is 2. The zero-order chi connectivity index (χ0) is 17.0. The fourth-order valence-electron chi connectivity index (χ4n) is 3.09. The third kappa shape index (κ3) is 3.84. The van der Waals surface area contributed by atoms with Gasteiger partial charge < -0.3 is 9.47 Å². The van der Waals surface area contributed by atoms with Gasteiger partial charge >= 0.3 is 0 Å². The minimum absolute atomic E-state index is 0.0636. The molecule has 0 aliphatic rings. The molecule has 1 heterocycles. The van der Waals surface area contributed by atoms with E-state index in [2.05, 4.69) is 56.9 Å². The fraction of sp³-hybridized carbons (Fsp3) is 0.450. The van der Waals surface area contributed by atoms with Gasteiger partial charge in [0.1, 0.15) is 0 Å². The Kier molecular flexibility index (Phi) is 5.64. The molecule has 3 nitrogen and oxygen atoms in total. The number of benzene rings is 1. The van der Waals surface area contributed by atoms with E-state index in [0.717, 1.165) is 48.3 Å². The first-order valence-electron chi connectivity index (χ1n) is 8.51. The molecule has 0 unspecified atom stereocenters. The van der Waals surface area contributed by atoms with Crippen LogP contribution >= 0.6 is 0 Å². The van der Waals surface area contributed by atoms with Crippen molar-refractivity contribution in [1.29, 1.82) is 0 Å². The van der Waals surface area contributed by atoms with Crippen LogP contribution in [-0.4, -0.2) is 17.7 Å². The Morgan fingerprint density at radius 3 is 2.22 bits per heavy atom. The van der Waals surface area contributed by atoms with Crippen molar-refractivity contribution in [2.24, 2.45) is 7.05 Å². The molecule has 2 aromatic rings. The van der Waals surface area contributed by atoms with Gasteiger partial charge in [0.25, 0.3) is 5.56 Å². The molecule has 0 amide bonds. The average molecular weight is 312 g/mol. The molecule has 0 spiro atoms. The van der Waals surface area contributed by atoms with E-state index in [4.69, 9.17) is 0 Å². The van der Waals surface area contributed by atoms with Crippen molar-refractivity contribution in [1.82, 2.24) is 4.57 Å². The van der Waals surface area contributed by atoms with Crippen molar-refractivity contribution in [2.75, 3.05) is 18.0 Å². The summed E-state index contributed by atoms with van der Waals surface area (Å²) in [5, 5.41) is 0. The van der Waals surface area contributed by atoms with Gasteiger partial charge in [-0.1, -0.05) is 37.6 Å². The quantitative estimate of drug-likeness (QED) is 0.795. The summed E-state index contributed by atoms with van der Waals surface area (Å²) in [6.07, 6.45) is 4.16. The third-order valence-corrected chi connectivity index (χ3v) is 4.19. The van der Waals surface area contributed by atoms with Crippen molar-refractivity contribution in [3.63, 3.8) is 0 Å². The summed E-state index contributed by atoms with van der Waals surface area (Å²) in [5.74, 6) is 0. The van der Waals surface area contributed by atoms with Crippen LogP contribution in [0.1, 0.15) is 37.8 Å². The highest BCUT2D eigenvalue weighted by atomic mass is 16.1. The predicted molar refractivity (Wildman–Crippen MR) is 99.4 cm³/mol. The molecule has 124 valence electrons. The molecule has 1 aromatic heterocycles. The first-order chi connectivity index (χ1) is 11.0. The zero-order valence-electron chi connectivity index (χ0n) is 15.0. The first-order valence-corrected chi connectivity index (χ1v) is 8.51. The van der Waals surface area contributed by atoms with Crippen molar-refractivity contribution in [3.05, 3.63) is 51.9 Å². The number of anilines is 1.